The van der Waals surface area contributed by atoms with Crippen molar-refractivity contribution < 1.29 is 19.0 Å². The summed E-state index contributed by atoms with van der Waals surface area (Å²) in [6.07, 6.45) is 2.86. The van der Waals surface area contributed by atoms with Gasteiger partial charge >= 0.3 is 0 Å². The van der Waals surface area contributed by atoms with Gasteiger partial charge in [0.15, 0.2) is 5.82 Å². The number of carbonyl (C=O) groups is 2. The lowest BCUT2D eigenvalue weighted by Crippen LogP contribution is -2.38. The molecule has 0 spiro atoms. The number of aromatic nitrogens is 1. The summed E-state index contributed by atoms with van der Waals surface area (Å²) in [5.41, 5.74) is 0.515. The maximum absolute atomic E-state index is 12.8. The number of unbranched alkanes of at least 4 members (excludes halogenated alkanes) is 1. The van der Waals surface area contributed by atoms with Gasteiger partial charge in [0.2, 0.25) is 5.91 Å². The number of hydrogen-bond donors (Lipinski definition) is 1. The summed E-state index contributed by atoms with van der Waals surface area (Å²) >= 11 is 0. The van der Waals surface area contributed by atoms with Crippen molar-refractivity contribution >= 4 is 23.3 Å². The maximum Gasteiger partial charge on any atom is 0.273 e. The lowest BCUT2D eigenvalue weighted by Gasteiger charge is -2.22. The molecule has 2 aromatic rings. The Balaban J connectivity index is 2.17. The predicted octanol–water partition coefficient (Wildman–Crippen LogP) is 2.77. The number of aryl methyl sites for hydroxylation is 1. The summed E-state index contributed by atoms with van der Waals surface area (Å²) in [5, 5.41) is 17.2. The molecule has 138 valence electrons. The molecule has 1 aromatic carbocycles. The fraction of sp³-hybridized carbons (Fsp3) is 0.353. The minimum absolute atomic E-state index is 0.127. The first-order valence-electron chi connectivity index (χ1n) is 8.17. The lowest BCUT2D eigenvalue weighted by atomic mass is 10.1. The van der Waals surface area contributed by atoms with E-state index in [4.69, 9.17) is 0 Å². The molecule has 1 aromatic heterocycles. The number of nitro benzene ring substituents is 1. The van der Waals surface area contributed by atoms with Crippen molar-refractivity contribution in [2.24, 2.45) is 0 Å². The Labute approximate surface area is 150 Å². The van der Waals surface area contributed by atoms with Crippen LogP contribution in [-0.4, -0.2) is 39.9 Å². The highest BCUT2D eigenvalue weighted by Gasteiger charge is 2.22. The maximum atomic E-state index is 12.8. The van der Waals surface area contributed by atoms with Crippen molar-refractivity contribution in [2.45, 2.75) is 26.7 Å². The average Bonchev–Trinajstić information content (AvgIpc) is 3.11. The van der Waals surface area contributed by atoms with Gasteiger partial charge in [0.05, 0.1) is 4.92 Å². The minimum atomic E-state index is -0.528. The van der Waals surface area contributed by atoms with E-state index in [2.05, 4.69) is 15.0 Å². The van der Waals surface area contributed by atoms with Crippen LogP contribution in [0.5, 0.6) is 0 Å². The molecule has 0 saturated carbocycles. The Morgan fingerprint density at radius 2 is 2.12 bits per heavy atom. The van der Waals surface area contributed by atoms with Gasteiger partial charge in [-0.05, 0) is 19.4 Å². The third-order valence-electron chi connectivity index (χ3n) is 3.76. The molecule has 0 atom stereocenters. The van der Waals surface area contributed by atoms with E-state index in [9.17, 15) is 19.7 Å². The quantitative estimate of drug-likeness (QED) is 0.571. The average molecular weight is 360 g/mol. The second-order valence-electron chi connectivity index (χ2n) is 5.77. The molecule has 0 saturated heterocycles. The van der Waals surface area contributed by atoms with Crippen molar-refractivity contribution in [1.82, 2.24) is 10.1 Å². The number of nitro groups is 1. The number of carbonyl (C=O) groups excluding carboxylic acids is 2. The molecule has 0 bridgehead atoms. The molecule has 1 heterocycles. The Morgan fingerprint density at radius 1 is 1.35 bits per heavy atom. The Hall–Kier alpha value is -3.23. The van der Waals surface area contributed by atoms with Gasteiger partial charge in [-0.3, -0.25) is 19.7 Å². The first-order valence-corrected chi connectivity index (χ1v) is 8.17. The third-order valence-corrected chi connectivity index (χ3v) is 3.76. The lowest BCUT2D eigenvalue weighted by molar-refractivity contribution is -0.385. The fourth-order valence-electron chi connectivity index (χ4n) is 2.36. The molecule has 26 heavy (non-hydrogen) atoms. The van der Waals surface area contributed by atoms with Gasteiger partial charge in [-0.15, -0.1) is 0 Å². The zero-order chi connectivity index (χ0) is 19.1. The van der Waals surface area contributed by atoms with Crippen LogP contribution in [0.2, 0.25) is 0 Å². The smallest absolute Gasteiger partial charge is 0.273 e. The highest BCUT2D eigenvalue weighted by molar-refractivity contribution is 5.99. The zero-order valence-corrected chi connectivity index (χ0v) is 14.6. The SMILES string of the molecule is CCCCN(CC(=O)Nc1ccon1)C(=O)c1ccc(C)c([N+](=O)[O-])c1. The van der Waals surface area contributed by atoms with E-state index in [0.29, 0.717) is 18.5 Å². The number of anilines is 1. The van der Waals surface area contributed by atoms with Crippen LogP contribution in [0, 0.1) is 17.0 Å². The van der Waals surface area contributed by atoms with Gasteiger partial charge < -0.3 is 14.7 Å². The van der Waals surface area contributed by atoms with Crippen molar-refractivity contribution in [3.05, 3.63) is 51.8 Å². The fourth-order valence-corrected chi connectivity index (χ4v) is 2.36. The van der Waals surface area contributed by atoms with Crippen LogP contribution in [-0.2, 0) is 4.79 Å². The summed E-state index contributed by atoms with van der Waals surface area (Å²) in [7, 11) is 0. The number of benzene rings is 1. The monoisotopic (exact) mass is 360 g/mol. The van der Waals surface area contributed by atoms with Crippen LogP contribution in [0.4, 0.5) is 11.5 Å². The van der Waals surface area contributed by atoms with Crippen LogP contribution >= 0.6 is 0 Å². The predicted molar refractivity (Wildman–Crippen MR) is 93.8 cm³/mol. The molecule has 2 amide bonds. The topological polar surface area (TPSA) is 119 Å². The van der Waals surface area contributed by atoms with E-state index in [0.717, 1.165) is 6.42 Å². The van der Waals surface area contributed by atoms with Crippen LogP contribution in [0.1, 0.15) is 35.7 Å². The van der Waals surface area contributed by atoms with Crippen LogP contribution in [0.25, 0.3) is 0 Å². The molecule has 0 fully saturated rings. The van der Waals surface area contributed by atoms with E-state index in [1.165, 1.54) is 35.4 Å². The Morgan fingerprint density at radius 3 is 2.73 bits per heavy atom. The largest absolute Gasteiger partial charge is 0.363 e. The molecule has 9 heteroatoms. The molecular weight excluding hydrogens is 340 g/mol. The minimum Gasteiger partial charge on any atom is -0.363 e. The highest BCUT2D eigenvalue weighted by atomic mass is 16.6. The van der Waals surface area contributed by atoms with Gasteiger partial charge in [0.1, 0.15) is 12.8 Å². The number of nitrogens with one attached hydrogen (secondary N) is 1. The third kappa shape index (κ3) is 4.88. The van der Waals surface area contributed by atoms with E-state index >= 15 is 0 Å². The summed E-state index contributed by atoms with van der Waals surface area (Å²) in [6.45, 7) is 3.75. The molecule has 2 rings (SSSR count). The van der Waals surface area contributed by atoms with Gasteiger partial charge in [-0.25, -0.2) is 0 Å². The summed E-state index contributed by atoms with van der Waals surface area (Å²) in [4.78, 5) is 36.9. The molecule has 9 nitrogen and oxygen atoms in total. The highest BCUT2D eigenvalue weighted by Crippen LogP contribution is 2.20. The summed E-state index contributed by atoms with van der Waals surface area (Å²) in [5.74, 6) is -0.606. The van der Waals surface area contributed by atoms with Gasteiger partial charge in [0, 0.05) is 29.8 Å². The van der Waals surface area contributed by atoms with E-state index < -0.39 is 16.7 Å². The van der Waals surface area contributed by atoms with Crippen molar-refractivity contribution in [1.29, 1.82) is 0 Å². The number of nitrogens with zero attached hydrogens (tertiary/aromatic N) is 3. The standard InChI is InChI=1S/C17H20N4O5/c1-3-4-8-20(11-16(22)18-15-7-9-26-19-15)17(23)13-6-5-12(2)14(10-13)21(24)25/h5-7,9-10H,3-4,8,11H2,1-2H3,(H,18,19,22). The molecule has 0 unspecified atom stereocenters. The second-order valence-corrected chi connectivity index (χ2v) is 5.77. The van der Waals surface area contributed by atoms with Gasteiger partial charge in [0.25, 0.3) is 11.6 Å². The van der Waals surface area contributed by atoms with E-state index in [1.54, 1.807) is 6.92 Å². The Bertz CT molecular complexity index is 788. The molecule has 0 aliphatic rings. The van der Waals surface area contributed by atoms with Crippen molar-refractivity contribution in [3.8, 4) is 0 Å². The van der Waals surface area contributed by atoms with Crippen LogP contribution < -0.4 is 5.32 Å². The Kier molecular flexibility index (Phi) is 6.42. The van der Waals surface area contributed by atoms with Gasteiger partial charge in [-0.2, -0.15) is 0 Å². The molecule has 0 aliphatic heterocycles. The first kappa shape index (κ1) is 19.1. The normalized spacial score (nSPS) is 10.4. The van der Waals surface area contributed by atoms with Crippen LogP contribution in [0.15, 0.2) is 35.1 Å². The molecule has 0 aliphatic carbocycles. The molecule has 0 radical (unpaired) electrons. The summed E-state index contributed by atoms with van der Waals surface area (Å²) in [6, 6.07) is 5.78. The van der Waals surface area contributed by atoms with Gasteiger partial charge in [-0.1, -0.05) is 24.6 Å². The number of hydrogen-bond acceptors (Lipinski definition) is 6. The zero-order valence-electron chi connectivity index (χ0n) is 14.6. The van der Waals surface area contributed by atoms with E-state index in [1.807, 2.05) is 6.92 Å². The first-order chi connectivity index (χ1) is 12.4. The van der Waals surface area contributed by atoms with Crippen molar-refractivity contribution in [3.63, 3.8) is 0 Å². The molecular formula is C17H20N4O5. The number of rotatable bonds is 8. The van der Waals surface area contributed by atoms with E-state index in [-0.39, 0.29) is 23.6 Å². The van der Waals surface area contributed by atoms with Crippen molar-refractivity contribution in [2.75, 3.05) is 18.4 Å². The second kappa shape index (κ2) is 8.75. The number of amides is 2. The summed E-state index contributed by atoms with van der Waals surface area (Å²) < 4.78 is 4.64. The molecule has 1 N–H and O–H groups in total. The van der Waals surface area contributed by atoms with Crippen LogP contribution in [0.3, 0.4) is 0 Å².